The molecule has 0 spiro atoms. The highest BCUT2D eigenvalue weighted by Gasteiger charge is 2.12. The highest BCUT2D eigenvalue weighted by molar-refractivity contribution is 5.74. The Morgan fingerprint density at radius 2 is 1.50 bits per heavy atom. The minimum Gasteiger partial charge on any atom is -0.497 e. The second-order valence-electron chi connectivity index (χ2n) is 5.41. The molecule has 0 saturated carbocycles. The van der Waals surface area contributed by atoms with E-state index in [9.17, 15) is 4.79 Å². The largest absolute Gasteiger partial charge is 0.497 e. The second kappa shape index (κ2) is 8.82. The number of amides is 2. The number of urea groups is 1. The van der Waals surface area contributed by atoms with E-state index in [-0.39, 0.29) is 12.1 Å². The Bertz CT molecular complexity index is 639. The number of hydrogen-bond donors (Lipinski definition) is 2. The maximum Gasteiger partial charge on any atom is 0.315 e. The van der Waals surface area contributed by atoms with Crippen LogP contribution in [-0.2, 0) is 6.54 Å². The third kappa shape index (κ3) is 4.91. The first-order chi connectivity index (χ1) is 11.7. The number of carbonyl (C=O) groups excluding carboxylic acids is 1. The lowest BCUT2D eigenvalue weighted by molar-refractivity contribution is 0.236. The van der Waals surface area contributed by atoms with Gasteiger partial charge < -0.3 is 20.1 Å². The molecule has 0 fully saturated rings. The molecule has 0 aromatic heterocycles. The topological polar surface area (TPSA) is 59.6 Å². The van der Waals surface area contributed by atoms with E-state index in [2.05, 4.69) is 10.6 Å². The number of carbonyl (C=O) groups is 1. The first kappa shape index (κ1) is 17.7. The molecular weight excluding hydrogens is 304 g/mol. The standard InChI is InChI=1S/C19H24N2O3/c1-4-18(15-7-11-17(24-3)12-8-15)21-19(22)20-13-14-5-9-16(23-2)10-6-14/h5-12,18H,4,13H2,1-3H3,(H2,20,21,22). The van der Waals surface area contributed by atoms with Crippen LogP contribution in [0.4, 0.5) is 4.79 Å². The SMILES string of the molecule is CCC(NC(=O)NCc1ccc(OC)cc1)c1ccc(OC)cc1. The molecule has 2 amide bonds. The first-order valence-corrected chi connectivity index (χ1v) is 7.97. The highest BCUT2D eigenvalue weighted by Crippen LogP contribution is 2.20. The molecule has 0 saturated heterocycles. The summed E-state index contributed by atoms with van der Waals surface area (Å²) in [6, 6.07) is 15.1. The fraction of sp³-hybridized carbons (Fsp3) is 0.316. The van der Waals surface area contributed by atoms with Crippen molar-refractivity contribution >= 4 is 6.03 Å². The molecule has 0 aliphatic heterocycles. The Morgan fingerprint density at radius 3 is 2.00 bits per heavy atom. The van der Waals surface area contributed by atoms with Gasteiger partial charge in [-0.3, -0.25) is 0 Å². The van der Waals surface area contributed by atoms with E-state index in [1.165, 1.54) is 0 Å². The normalized spacial score (nSPS) is 11.5. The van der Waals surface area contributed by atoms with Crippen LogP contribution in [0.3, 0.4) is 0 Å². The summed E-state index contributed by atoms with van der Waals surface area (Å²) < 4.78 is 10.3. The molecule has 0 aliphatic carbocycles. The van der Waals surface area contributed by atoms with Crippen LogP contribution in [0.5, 0.6) is 11.5 Å². The molecule has 2 aromatic carbocycles. The number of ether oxygens (including phenoxy) is 2. The second-order valence-corrected chi connectivity index (χ2v) is 5.41. The van der Waals surface area contributed by atoms with Gasteiger partial charge >= 0.3 is 6.03 Å². The van der Waals surface area contributed by atoms with Crippen LogP contribution in [0.25, 0.3) is 0 Å². The summed E-state index contributed by atoms with van der Waals surface area (Å²) in [4.78, 5) is 12.1. The van der Waals surface area contributed by atoms with Crippen LogP contribution in [0.15, 0.2) is 48.5 Å². The molecule has 0 radical (unpaired) electrons. The van der Waals surface area contributed by atoms with E-state index in [0.29, 0.717) is 6.54 Å². The third-order valence-electron chi connectivity index (χ3n) is 3.84. The van der Waals surface area contributed by atoms with Gasteiger partial charge in [-0.1, -0.05) is 31.2 Å². The fourth-order valence-corrected chi connectivity index (χ4v) is 2.39. The maximum absolute atomic E-state index is 12.1. The van der Waals surface area contributed by atoms with Crippen molar-refractivity contribution in [1.82, 2.24) is 10.6 Å². The lowest BCUT2D eigenvalue weighted by Crippen LogP contribution is -2.37. The Labute approximate surface area is 143 Å². The van der Waals surface area contributed by atoms with Crippen LogP contribution in [-0.4, -0.2) is 20.3 Å². The molecule has 1 atom stereocenters. The van der Waals surface area contributed by atoms with E-state index < -0.39 is 0 Å². The zero-order valence-electron chi connectivity index (χ0n) is 14.3. The number of rotatable bonds is 7. The zero-order chi connectivity index (χ0) is 17.4. The van der Waals surface area contributed by atoms with Gasteiger partial charge in [-0.05, 0) is 41.8 Å². The van der Waals surface area contributed by atoms with Crippen molar-refractivity contribution < 1.29 is 14.3 Å². The van der Waals surface area contributed by atoms with Crippen molar-refractivity contribution in [2.24, 2.45) is 0 Å². The summed E-state index contributed by atoms with van der Waals surface area (Å²) in [7, 11) is 3.27. The molecule has 0 aliphatic rings. The van der Waals surface area contributed by atoms with Crippen LogP contribution in [0.1, 0.15) is 30.5 Å². The van der Waals surface area contributed by atoms with E-state index in [4.69, 9.17) is 9.47 Å². The van der Waals surface area contributed by atoms with Crippen LogP contribution < -0.4 is 20.1 Å². The van der Waals surface area contributed by atoms with Crippen molar-refractivity contribution in [2.75, 3.05) is 14.2 Å². The Kier molecular flexibility index (Phi) is 6.49. The molecule has 5 heteroatoms. The van der Waals surface area contributed by atoms with Gasteiger partial charge in [0.1, 0.15) is 11.5 Å². The van der Waals surface area contributed by atoms with E-state index in [0.717, 1.165) is 29.0 Å². The molecule has 0 heterocycles. The van der Waals surface area contributed by atoms with Crippen molar-refractivity contribution in [3.8, 4) is 11.5 Å². The van der Waals surface area contributed by atoms with Gasteiger partial charge in [-0.15, -0.1) is 0 Å². The Morgan fingerprint density at radius 1 is 0.958 bits per heavy atom. The zero-order valence-corrected chi connectivity index (χ0v) is 14.3. The number of benzene rings is 2. The molecule has 5 nitrogen and oxygen atoms in total. The van der Waals surface area contributed by atoms with Gasteiger partial charge in [0, 0.05) is 6.54 Å². The summed E-state index contributed by atoms with van der Waals surface area (Å²) in [5.74, 6) is 1.60. The smallest absolute Gasteiger partial charge is 0.315 e. The molecule has 2 aromatic rings. The minimum absolute atomic E-state index is 0.0354. The third-order valence-corrected chi connectivity index (χ3v) is 3.84. The predicted octanol–water partition coefficient (Wildman–Crippen LogP) is 3.65. The molecule has 128 valence electrons. The van der Waals surface area contributed by atoms with Gasteiger partial charge in [0.2, 0.25) is 0 Å². The molecule has 24 heavy (non-hydrogen) atoms. The van der Waals surface area contributed by atoms with Gasteiger partial charge in [-0.2, -0.15) is 0 Å². The van der Waals surface area contributed by atoms with Gasteiger partial charge in [0.05, 0.1) is 20.3 Å². The summed E-state index contributed by atoms with van der Waals surface area (Å²) >= 11 is 0. The Hall–Kier alpha value is -2.69. The predicted molar refractivity (Wildman–Crippen MR) is 94.4 cm³/mol. The Balaban J connectivity index is 1.88. The van der Waals surface area contributed by atoms with Crippen molar-refractivity contribution in [3.63, 3.8) is 0 Å². The molecule has 1 unspecified atom stereocenters. The maximum atomic E-state index is 12.1. The van der Waals surface area contributed by atoms with Gasteiger partial charge in [-0.25, -0.2) is 4.79 Å². The van der Waals surface area contributed by atoms with Crippen LogP contribution in [0.2, 0.25) is 0 Å². The van der Waals surface area contributed by atoms with Gasteiger partial charge in [0.15, 0.2) is 0 Å². The lowest BCUT2D eigenvalue weighted by atomic mass is 10.0. The number of methoxy groups -OCH3 is 2. The quantitative estimate of drug-likeness (QED) is 0.815. The summed E-state index contributed by atoms with van der Waals surface area (Å²) in [5.41, 5.74) is 2.07. The van der Waals surface area contributed by atoms with Gasteiger partial charge in [0.25, 0.3) is 0 Å². The summed E-state index contributed by atoms with van der Waals surface area (Å²) in [6.07, 6.45) is 0.808. The van der Waals surface area contributed by atoms with E-state index >= 15 is 0 Å². The number of hydrogen-bond acceptors (Lipinski definition) is 3. The summed E-state index contributed by atoms with van der Waals surface area (Å²) in [6.45, 7) is 2.51. The first-order valence-electron chi connectivity index (χ1n) is 7.97. The average molecular weight is 328 g/mol. The van der Waals surface area contributed by atoms with Crippen molar-refractivity contribution in [3.05, 3.63) is 59.7 Å². The molecule has 2 N–H and O–H groups in total. The van der Waals surface area contributed by atoms with E-state index in [1.54, 1.807) is 14.2 Å². The van der Waals surface area contributed by atoms with Crippen molar-refractivity contribution in [2.45, 2.75) is 25.9 Å². The molecule has 2 rings (SSSR count). The van der Waals surface area contributed by atoms with E-state index in [1.807, 2.05) is 55.5 Å². The van der Waals surface area contributed by atoms with Crippen LogP contribution in [0, 0.1) is 0 Å². The summed E-state index contributed by atoms with van der Waals surface area (Å²) in [5, 5.41) is 5.88. The average Bonchev–Trinajstić information content (AvgIpc) is 2.65. The lowest BCUT2D eigenvalue weighted by Gasteiger charge is -2.18. The highest BCUT2D eigenvalue weighted by atomic mass is 16.5. The minimum atomic E-state index is -0.187. The monoisotopic (exact) mass is 328 g/mol. The molecular formula is C19H24N2O3. The van der Waals surface area contributed by atoms with Crippen LogP contribution >= 0.6 is 0 Å². The number of nitrogens with one attached hydrogen (secondary N) is 2. The van der Waals surface area contributed by atoms with Crippen molar-refractivity contribution in [1.29, 1.82) is 0 Å². The molecule has 0 bridgehead atoms. The fourth-order valence-electron chi connectivity index (χ4n) is 2.39.